The Morgan fingerprint density at radius 1 is 1.26 bits per heavy atom. The lowest BCUT2D eigenvalue weighted by Crippen LogP contribution is -2.21. The van der Waals surface area contributed by atoms with Gasteiger partial charge in [0.05, 0.1) is 17.7 Å². The van der Waals surface area contributed by atoms with Crippen LogP contribution in [0, 0.1) is 12.8 Å². The number of hydrogen-bond donors (Lipinski definition) is 1. The van der Waals surface area contributed by atoms with Crippen molar-refractivity contribution in [1.29, 1.82) is 0 Å². The van der Waals surface area contributed by atoms with E-state index in [1.807, 2.05) is 17.1 Å². The molecule has 0 aliphatic heterocycles. The van der Waals surface area contributed by atoms with Gasteiger partial charge < -0.3 is 4.57 Å². The third-order valence-corrected chi connectivity index (χ3v) is 5.14. The molecule has 4 rings (SSSR count). The Labute approximate surface area is 136 Å². The molecule has 1 aromatic carbocycles. The van der Waals surface area contributed by atoms with Crippen LogP contribution in [-0.4, -0.2) is 19.7 Å². The van der Waals surface area contributed by atoms with Crippen LogP contribution in [0.1, 0.15) is 43.4 Å². The summed E-state index contributed by atoms with van der Waals surface area (Å²) in [6.45, 7) is 4.40. The molecule has 118 valence electrons. The fourth-order valence-corrected chi connectivity index (χ4v) is 3.47. The van der Waals surface area contributed by atoms with Crippen LogP contribution in [0.3, 0.4) is 0 Å². The standard InChI is InChI=1S/C19H22N4/c1-3-14-8-16(9-14)18-11-17(21-22-18)15-5-4-13(2)19(10-15)23-7-6-20-12-23/h4-7,10-12,14,16H,3,8-9H2,1-2H3,(H,21,22). The number of aryl methyl sites for hydroxylation is 1. The maximum absolute atomic E-state index is 4.54. The molecule has 2 aromatic heterocycles. The lowest BCUT2D eigenvalue weighted by atomic mass is 9.72. The van der Waals surface area contributed by atoms with Crippen LogP contribution in [0.25, 0.3) is 16.9 Å². The Bertz CT molecular complexity index is 795. The van der Waals surface area contributed by atoms with Crippen LogP contribution in [0.2, 0.25) is 0 Å². The van der Waals surface area contributed by atoms with Crippen molar-refractivity contribution in [3.63, 3.8) is 0 Å². The first-order valence-electron chi connectivity index (χ1n) is 8.39. The molecule has 1 aliphatic rings. The van der Waals surface area contributed by atoms with Crippen molar-refractivity contribution in [2.45, 2.75) is 39.0 Å². The Morgan fingerprint density at radius 3 is 2.87 bits per heavy atom. The maximum Gasteiger partial charge on any atom is 0.0991 e. The molecular weight excluding hydrogens is 284 g/mol. The van der Waals surface area contributed by atoms with Crippen molar-refractivity contribution < 1.29 is 0 Å². The van der Waals surface area contributed by atoms with E-state index in [4.69, 9.17) is 0 Å². The van der Waals surface area contributed by atoms with E-state index in [2.05, 4.69) is 53.3 Å². The third kappa shape index (κ3) is 2.58. The van der Waals surface area contributed by atoms with Gasteiger partial charge in [-0.1, -0.05) is 25.5 Å². The summed E-state index contributed by atoms with van der Waals surface area (Å²) in [5.74, 6) is 1.57. The number of H-pyrrole nitrogens is 1. The fourth-order valence-electron chi connectivity index (χ4n) is 3.47. The predicted molar refractivity (Wildman–Crippen MR) is 91.6 cm³/mol. The Morgan fingerprint density at radius 2 is 2.13 bits per heavy atom. The van der Waals surface area contributed by atoms with E-state index in [9.17, 15) is 0 Å². The zero-order chi connectivity index (χ0) is 15.8. The van der Waals surface area contributed by atoms with E-state index in [0.29, 0.717) is 5.92 Å². The minimum Gasteiger partial charge on any atom is -0.306 e. The van der Waals surface area contributed by atoms with Gasteiger partial charge in [-0.25, -0.2) is 4.98 Å². The van der Waals surface area contributed by atoms with Crippen LogP contribution in [0.4, 0.5) is 0 Å². The van der Waals surface area contributed by atoms with Crippen molar-refractivity contribution in [2.75, 3.05) is 0 Å². The summed E-state index contributed by atoms with van der Waals surface area (Å²) in [5, 5.41) is 7.79. The van der Waals surface area contributed by atoms with Gasteiger partial charge in [0, 0.05) is 29.6 Å². The number of imidazole rings is 1. The number of rotatable bonds is 4. The largest absolute Gasteiger partial charge is 0.306 e. The number of hydrogen-bond acceptors (Lipinski definition) is 2. The van der Waals surface area contributed by atoms with Crippen LogP contribution in [0.15, 0.2) is 43.0 Å². The van der Waals surface area contributed by atoms with Gasteiger partial charge in [0.15, 0.2) is 0 Å². The molecule has 1 aliphatic carbocycles. The smallest absolute Gasteiger partial charge is 0.0991 e. The highest BCUT2D eigenvalue weighted by molar-refractivity contribution is 5.64. The predicted octanol–water partition coefficient (Wildman–Crippen LogP) is 4.47. The van der Waals surface area contributed by atoms with Crippen molar-refractivity contribution in [2.24, 2.45) is 5.92 Å². The van der Waals surface area contributed by atoms with Crippen molar-refractivity contribution in [3.05, 3.63) is 54.2 Å². The van der Waals surface area contributed by atoms with Crippen LogP contribution < -0.4 is 0 Å². The first-order valence-corrected chi connectivity index (χ1v) is 8.39. The highest BCUT2D eigenvalue weighted by Gasteiger charge is 2.30. The van der Waals surface area contributed by atoms with E-state index in [1.54, 1.807) is 6.20 Å². The molecule has 0 bridgehead atoms. The second-order valence-corrected chi connectivity index (χ2v) is 6.62. The summed E-state index contributed by atoms with van der Waals surface area (Å²) in [7, 11) is 0. The molecule has 0 atom stereocenters. The number of nitrogens with one attached hydrogen (secondary N) is 1. The number of aromatic amines is 1. The molecule has 0 radical (unpaired) electrons. The van der Waals surface area contributed by atoms with Gasteiger partial charge in [-0.2, -0.15) is 5.10 Å². The average Bonchev–Trinajstić information content (AvgIpc) is 3.18. The molecule has 3 aromatic rings. The van der Waals surface area contributed by atoms with E-state index in [1.165, 1.54) is 30.5 Å². The number of benzene rings is 1. The summed E-state index contributed by atoms with van der Waals surface area (Å²) >= 11 is 0. The van der Waals surface area contributed by atoms with E-state index in [-0.39, 0.29) is 0 Å². The maximum atomic E-state index is 4.54. The van der Waals surface area contributed by atoms with E-state index in [0.717, 1.165) is 22.9 Å². The first-order chi connectivity index (χ1) is 11.2. The second kappa shape index (κ2) is 5.69. The molecule has 0 saturated heterocycles. The molecule has 1 fully saturated rings. The molecule has 23 heavy (non-hydrogen) atoms. The molecule has 1 saturated carbocycles. The van der Waals surface area contributed by atoms with Gasteiger partial charge >= 0.3 is 0 Å². The van der Waals surface area contributed by atoms with E-state index >= 15 is 0 Å². The summed E-state index contributed by atoms with van der Waals surface area (Å²) in [6, 6.07) is 8.70. The van der Waals surface area contributed by atoms with Gasteiger partial charge in [-0.05, 0) is 43.4 Å². The Balaban J connectivity index is 1.61. The van der Waals surface area contributed by atoms with Crippen molar-refractivity contribution >= 4 is 0 Å². The number of nitrogens with zero attached hydrogens (tertiary/aromatic N) is 3. The Hall–Kier alpha value is -2.36. The van der Waals surface area contributed by atoms with Gasteiger partial charge in [0.25, 0.3) is 0 Å². The highest BCUT2D eigenvalue weighted by atomic mass is 15.1. The highest BCUT2D eigenvalue weighted by Crippen LogP contribution is 2.43. The minimum absolute atomic E-state index is 0.666. The van der Waals surface area contributed by atoms with Crippen molar-refractivity contribution in [3.8, 4) is 16.9 Å². The van der Waals surface area contributed by atoms with Gasteiger partial charge in [0.1, 0.15) is 0 Å². The zero-order valence-electron chi connectivity index (χ0n) is 13.7. The monoisotopic (exact) mass is 306 g/mol. The minimum atomic E-state index is 0.666. The summed E-state index contributed by atoms with van der Waals surface area (Å²) in [4.78, 5) is 4.14. The van der Waals surface area contributed by atoms with Crippen LogP contribution >= 0.6 is 0 Å². The molecule has 4 nitrogen and oxygen atoms in total. The third-order valence-electron chi connectivity index (χ3n) is 5.14. The molecule has 0 amide bonds. The number of aromatic nitrogens is 4. The molecule has 0 spiro atoms. The average molecular weight is 306 g/mol. The lowest BCUT2D eigenvalue weighted by Gasteiger charge is -2.33. The normalized spacial score (nSPS) is 20.4. The zero-order valence-corrected chi connectivity index (χ0v) is 13.7. The fraction of sp³-hybridized carbons (Fsp3) is 0.368. The lowest BCUT2D eigenvalue weighted by molar-refractivity contribution is 0.252. The van der Waals surface area contributed by atoms with Gasteiger partial charge in [-0.3, -0.25) is 5.10 Å². The summed E-state index contributed by atoms with van der Waals surface area (Å²) in [5.41, 5.74) is 5.84. The summed E-state index contributed by atoms with van der Waals surface area (Å²) in [6.07, 6.45) is 9.50. The molecular formula is C19H22N4. The SMILES string of the molecule is CCC1CC(c2cc(-c3ccc(C)c(-n4ccnc4)c3)n[nH]2)C1. The Kier molecular flexibility index (Phi) is 3.52. The van der Waals surface area contributed by atoms with Gasteiger partial charge in [-0.15, -0.1) is 0 Å². The van der Waals surface area contributed by atoms with E-state index < -0.39 is 0 Å². The summed E-state index contributed by atoms with van der Waals surface area (Å²) < 4.78 is 2.05. The molecule has 0 unspecified atom stereocenters. The van der Waals surface area contributed by atoms with Gasteiger partial charge in [0.2, 0.25) is 0 Å². The molecule has 2 heterocycles. The molecule has 4 heteroatoms. The molecule has 1 N–H and O–H groups in total. The van der Waals surface area contributed by atoms with Crippen molar-refractivity contribution in [1.82, 2.24) is 19.7 Å². The van der Waals surface area contributed by atoms with Crippen LogP contribution in [0.5, 0.6) is 0 Å². The topological polar surface area (TPSA) is 46.5 Å². The second-order valence-electron chi connectivity index (χ2n) is 6.62. The van der Waals surface area contributed by atoms with Crippen LogP contribution in [-0.2, 0) is 0 Å². The quantitative estimate of drug-likeness (QED) is 0.772. The first kappa shape index (κ1) is 14.2.